The molecule has 0 aliphatic carbocycles. The Labute approximate surface area is 255 Å². The molecule has 5 aromatic rings. The first-order valence-corrected chi connectivity index (χ1v) is 15.8. The molecule has 0 saturated carbocycles. The molecule has 3 heterocycles. The topological polar surface area (TPSA) is 92.6 Å². The number of aryl methyl sites for hydroxylation is 1. The summed E-state index contributed by atoms with van der Waals surface area (Å²) in [6.45, 7) is 2.44. The Morgan fingerprint density at radius 1 is 0.952 bits per heavy atom. The zero-order valence-electron chi connectivity index (χ0n) is 22.5. The number of rotatable bonds is 9. The van der Waals surface area contributed by atoms with E-state index in [0.717, 1.165) is 21.6 Å². The number of nitrogens with zero attached hydrogens (tertiary/aromatic N) is 3. The lowest BCUT2D eigenvalue weighted by Gasteiger charge is -2.20. The molecule has 0 spiro atoms. The number of hydrogen-bond donors (Lipinski definition) is 1. The highest BCUT2D eigenvalue weighted by Gasteiger charge is 2.48. The third-order valence-electron chi connectivity index (χ3n) is 6.68. The molecule has 6 rings (SSSR count). The smallest absolute Gasteiger partial charge is 0.301 e. The molecule has 1 N–H and O–H groups in total. The number of anilines is 1. The van der Waals surface area contributed by atoms with Crippen molar-refractivity contribution in [1.82, 2.24) is 10.2 Å². The first kappa shape index (κ1) is 27.9. The van der Waals surface area contributed by atoms with Gasteiger partial charge in [-0.2, -0.15) is 0 Å². The van der Waals surface area contributed by atoms with Gasteiger partial charge in [-0.15, -0.1) is 21.5 Å². The van der Waals surface area contributed by atoms with Crippen LogP contribution in [-0.2, 0) is 21.9 Å². The molecular formula is C32H25N3O4S3. The van der Waals surface area contributed by atoms with Gasteiger partial charge < -0.3 is 9.84 Å². The van der Waals surface area contributed by atoms with Gasteiger partial charge in [0.15, 0.2) is 4.34 Å². The number of aliphatic hydroxyl groups excluding tert-OH is 1. The highest BCUT2D eigenvalue weighted by atomic mass is 32.2. The minimum absolute atomic E-state index is 0.0181. The molecule has 0 bridgehead atoms. The van der Waals surface area contributed by atoms with E-state index in [0.29, 0.717) is 33.1 Å². The van der Waals surface area contributed by atoms with Crippen molar-refractivity contribution in [1.29, 1.82) is 0 Å². The molecule has 7 nitrogen and oxygen atoms in total. The second-order valence-corrected chi connectivity index (χ2v) is 12.8. The van der Waals surface area contributed by atoms with Crippen molar-refractivity contribution in [2.45, 2.75) is 29.7 Å². The van der Waals surface area contributed by atoms with Crippen LogP contribution in [0.15, 0.2) is 106 Å². The van der Waals surface area contributed by atoms with Crippen molar-refractivity contribution in [3.63, 3.8) is 0 Å². The fourth-order valence-electron chi connectivity index (χ4n) is 4.66. The summed E-state index contributed by atoms with van der Waals surface area (Å²) in [7, 11) is 0. The van der Waals surface area contributed by atoms with Crippen molar-refractivity contribution in [3.05, 3.63) is 129 Å². The van der Waals surface area contributed by atoms with Gasteiger partial charge in [0.05, 0.1) is 5.57 Å². The summed E-state index contributed by atoms with van der Waals surface area (Å²) in [5.41, 5.74) is 3.78. The molecule has 1 amide bonds. The number of hydrogen-bond acceptors (Lipinski definition) is 9. The summed E-state index contributed by atoms with van der Waals surface area (Å²) in [6.07, 6.45) is 0. The summed E-state index contributed by atoms with van der Waals surface area (Å²) >= 11 is 4.16. The number of amides is 1. The Hall–Kier alpha value is -4.25. The van der Waals surface area contributed by atoms with Gasteiger partial charge in [-0.3, -0.25) is 14.5 Å². The molecule has 10 heteroatoms. The molecule has 2 aromatic heterocycles. The molecule has 1 saturated heterocycles. The fourth-order valence-corrected chi connectivity index (χ4v) is 7.30. The normalized spacial score (nSPS) is 16.2. The van der Waals surface area contributed by atoms with Gasteiger partial charge in [-0.1, -0.05) is 89.3 Å². The number of aliphatic hydroxyl groups is 1. The summed E-state index contributed by atoms with van der Waals surface area (Å²) in [5, 5.41) is 22.1. The number of thiophene rings is 1. The van der Waals surface area contributed by atoms with Crippen LogP contribution in [-0.4, -0.2) is 27.0 Å². The van der Waals surface area contributed by atoms with Crippen molar-refractivity contribution < 1.29 is 19.4 Å². The minimum Gasteiger partial charge on any atom is -0.507 e. The van der Waals surface area contributed by atoms with Crippen LogP contribution < -0.4 is 9.64 Å². The van der Waals surface area contributed by atoms with Gasteiger partial charge in [0, 0.05) is 16.2 Å². The summed E-state index contributed by atoms with van der Waals surface area (Å²) in [5.74, 6) is -0.434. The van der Waals surface area contributed by atoms with E-state index in [4.69, 9.17) is 4.74 Å². The van der Waals surface area contributed by atoms with E-state index in [1.807, 2.05) is 73.0 Å². The zero-order chi connectivity index (χ0) is 29.1. The van der Waals surface area contributed by atoms with Gasteiger partial charge in [-0.05, 0) is 53.8 Å². The number of Topliss-reactive ketones (excluding diaryl/α,β-unsaturated/α-hetero) is 1. The number of aromatic nitrogens is 2. The maximum Gasteiger partial charge on any atom is 0.301 e. The van der Waals surface area contributed by atoms with Gasteiger partial charge in [-0.25, -0.2) is 0 Å². The van der Waals surface area contributed by atoms with E-state index in [1.165, 1.54) is 39.3 Å². The van der Waals surface area contributed by atoms with Crippen molar-refractivity contribution >= 4 is 57.0 Å². The van der Waals surface area contributed by atoms with Crippen LogP contribution in [0.25, 0.3) is 5.76 Å². The Bertz CT molecular complexity index is 1750. The summed E-state index contributed by atoms with van der Waals surface area (Å²) in [6, 6.07) is 27.8. The quantitative estimate of drug-likeness (QED) is 0.0610. The second-order valence-electron chi connectivity index (χ2n) is 9.61. The SMILES string of the molecule is Cc1cccc(COc2ccc(C(O)=C3C(=O)C(=O)N(c4nnc(SCc5ccccc5)s4)C3c3cccs3)cc2)c1. The molecule has 1 aliphatic heterocycles. The first-order chi connectivity index (χ1) is 20.5. The minimum atomic E-state index is -0.817. The average Bonchev–Trinajstić information content (AvgIpc) is 3.76. The Morgan fingerprint density at radius 2 is 1.74 bits per heavy atom. The molecule has 3 aromatic carbocycles. The van der Waals surface area contributed by atoms with Gasteiger partial charge in [0.25, 0.3) is 5.78 Å². The Kier molecular flexibility index (Phi) is 8.18. The molecule has 42 heavy (non-hydrogen) atoms. The molecule has 210 valence electrons. The van der Waals surface area contributed by atoms with Crippen LogP contribution >= 0.6 is 34.4 Å². The van der Waals surface area contributed by atoms with E-state index >= 15 is 0 Å². The van der Waals surface area contributed by atoms with Crippen LogP contribution in [0, 0.1) is 6.92 Å². The highest BCUT2D eigenvalue weighted by Crippen LogP contribution is 2.45. The molecule has 1 atom stereocenters. The number of ketones is 1. The molecule has 1 aliphatic rings. The summed E-state index contributed by atoms with van der Waals surface area (Å²) < 4.78 is 6.59. The highest BCUT2D eigenvalue weighted by molar-refractivity contribution is 8.00. The number of carbonyl (C=O) groups is 2. The zero-order valence-corrected chi connectivity index (χ0v) is 24.9. The molecule has 1 unspecified atom stereocenters. The standard InChI is InChI=1S/C32H25N3O4S3/c1-20-7-5-10-22(17-20)18-39-24-14-12-23(13-15-24)28(36)26-27(25-11-6-16-40-25)35(30(38)29(26)37)31-33-34-32(42-31)41-19-21-8-3-2-4-9-21/h2-17,27,36H,18-19H2,1H3. The lowest BCUT2D eigenvalue weighted by Crippen LogP contribution is -2.29. The van der Waals surface area contributed by atoms with Crippen molar-refractivity contribution in [2.75, 3.05) is 4.90 Å². The van der Waals surface area contributed by atoms with E-state index in [9.17, 15) is 14.7 Å². The number of ether oxygens (including phenoxy) is 1. The first-order valence-electron chi connectivity index (χ1n) is 13.1. The third-order valence-corrected chi connectivity index (χ3v) is 9.73. The monoisotopic (exact) mass is 611 g/mol. The number of carbonyl (C=O) groups excluding carboxylic acids is 2. The largest absolute Gasteiger partial charge is 0.507 e. The third kappa shape index (κ3) is 5.87. The molecule has 1 fully saturated rings. The number of benzene rings is 3. The van der Waals surface area contributed by atoms with Crippen molar-refractivity contribution in [2.24, 2.45) is 0 Å². The maximum atomic E-state index is 13.4. The van der Waals surface area contributed by atoms with Crippen LogP contribution in [0.3, 0.4) is 0 Å². The Balaban J connectivity index is 1.26. The summed E-state index contributed by atoms with van der Waals surface area (Å²) in [4.78, 5) is 28.9. The molecular weight excluding hydrogens is 587 g/mol. The predicted octanol–water partition coefficient (Wildman–Crippen LogP) is 7.41. The van der Waals surface area contributed by atoms with E-state index in [2.05, 4.69) is 16.3 Å². The maximum absolute atomic E-state index is 13.4. The van der Waals surface area contributed by atoms with E-state index in [1.54, 1.807) is 24.3 Å². The average molecular weight is 612 g/mol. The van der Waals surface area contributed by atoms with Gasteiger partial charge in [0.1, 0.15) is 24.2 Å². The lowest BCUT2D eigenvalue weighted by molar-refractivity contribution is -0.132. The van der Waals surface area contributed by atoms with E-state index < -0.39 is 17.7 Å². The number of thioether (sulfide) groups is 1. The van der Waals surface area contributed by atoms with Crippen molar-refractivity contribution in [3.8, 4) is 5.75 Å². The fraction of sp³-hybridized carbons (Fsp3) is 0.125. The van der Waals surface area contributed by atoms with Crippen LogP contribution in [0.5, 0.6) is 5.75 Å². The molecule has 0 radical (unpaired) electrons. The lowest BCUT2D eigenvalue weighted by atomic mass is 10.00. The second kappa shape index (κ2) is 12.3. The van der Waals surface area contributed by atoms with Crippen LogP contribution in [0.4, 0.5) is 5.13 Å². The van der Waals surface area contributed by atoms with E-state index in [-0.39, 0.29) is 11.3 Å². The van der Waals surface area contributed by atoms with Gasteiger partial charge in [0.2, 0.25) is 5.13 Å². The van der Waals surface area contributed by atoms with Gasteiger partial charge >= 0.3 is 5.91 Å². The van der Waals surface area contributed by atoms with Crippen LogP contribution in [0.2, 0.25) is 0 Å². The van der Waals surface area contributed by atoms with Crippen LogP contribution in [0.1, 0.15) is 33.2 Å². The Morgan fingerprint density at radius 3 is 2.48 bits per heavy atom. The predicted molar refractivity (Wildman–Crippen MR) is 167 cm³/mol.